The summed E-state index contributed by atoms with van der Waals surface area (Å²) in [6.45, 7) is 1.97. The Hall–Kier alpha value is -2.44. The molecule has 2 aromatic heterocycles. The van der Waals surface area contributed by atoms with Crippen LogP contribution in [0, 0.1) is 0 Å². The van der Waals surface area contributed by atoms with Crippen LogP contribution in [-0.2, 0) is 4.79 Å². The number of hydrogen-bond donors (Lipinski definition) is 2. The van der Waals surface area contributed by atoms with Gasteiger partial charge in [0.2, 0.25) is 0 Å². The maximum absolute atomic E-state index is 12.1. The number of fused-ring (bicyclic) bond motifs is 1. The van der Waals surface area contributed by atoms with Crippen LogP contribution < -0.4 is 5.32 Å². The quantitative estimate of drug-likeness (QED) is 0.823. The van der Waals surface area contributed by atoms with Gasteiger partial charge in [0.15, 0.2) is 5.65 Å². The first-order chi connectivity index (χ1) is 9.63. The van der Waals surface area contributed by atoms with Gasteiger partial charge in [-0.2, -0.15) is 5.10 Å². The number of carboxylic acid groups (broad SMARTS) is 1. The number of carbonyl (C=O) groups is 2. The van der Waals surface area contributed by atoms with Gasteiger partial charge in [-0.05, 0) is 18.6 Å². The van der Waals surface area contributed by atoms with Crippen LogP contribution in [0.1, 0.15) is 36.7 Å². The number of imidazole rings is 1. The third kappa shape index (κ3) is 2.93. The molecule has 0 radical (unpaired) electrons. The van der Waals surface area contributed by atoms with E-state index >= 15 is 0 Å². The van der Waals surface area contributed by atoms with Crippen molar-refractivity contribution in [3.05, 3.63) is 30.2 Å². The SMILES string of the molecule is CCCC[C@H](NC(=O)c1cnc2cccnn12)C(=O)O. The van der Waals surface area contributed by atoms with Crippen molar-refractivity contribution in [3.8, 4) is 0 Å². The Morgan fingerprint density at radius 1 is 1.50 bits per heavy atom. The van der Waals surface area contributed by atoms with Crippen molar-refractivity contribution < 1.29 is 14.7 Å². The maximum atomic E-state index is 12.1. The first-order valence-corrected chi connectivity index (χ1v) is 6.46. The molecule has 106 valence electrons. The van der Waals surface area contributed by atoms with Gasteiger partial charge in [0.1, 0.15) is 11.7 Å². The molecule has 0 unspecified atom stereocenters. The lowest BCUT2D eigenvalue weighted by molar-refractivity contribution is -0.139. The largest absolute Gasteiger partial charge is 0.480 e. The van der Waals surface area contributed by atoms with E-state index in [9.17, 15) is 9.59 Å². The van der Waals surface area contributed by atoms with Gasteiger partial charge >= 0.3 is 5.97 Å². The molecular formula is C13H16N4O3. The minimum Gasteiger partial charge on any atom is -0.480 e. The number of unbranched alkanes of at least 4 members (excludes halogenated alkanes) is 1. The molecule has 2 N–H and O–H groups in total. The number of carboxylic acids is 1. The second-order valence-electron chi connectivity index (χ2n) is 4.44. The molecule has 2 aromatic rings. The summed E-state index contributed by atoms with van der Waals surface area (Å²) in [5.74, 6) is -1.52. The fourth-order valence-corrected chi connectivity index (χ4v) is 1.88. The number of nitrogens with zero attached hydrogens (tertiary/aromatic N) is 3. The van der Waals surface area contributed by atoms with Crippen LogP contribution in [0.15, 0.2) is 24.5 Å². The van der Waals surface area contributed by atoms with Crippen molar-refractivity contribution in [2.24, 2.45) is 0 Å². The first-order valence-electron chi connectivity index (χ1n) is 6.46. The van der Waals surface area contributed by atoms with Crippen LogP contribution in [0.25, 0.3) is 5.65 Å². The highest BCUT2D eigenvalue weighted by Gasteiger charge is 2.22. The number of nitrogens with one attached hydrogen (secondary N) is 1. The Morgan fingerprint density at radius 3 is 3.00 bits per heavy atom. The fraction of sp³-hybridized carbons (Fsp3) is 0.385. The van der Waals surface area contributed by atoms with E-state index in [1.54, 1.807) is 12.1 Å². The van der Waals surface area contributed by atoms with E-state index in [2.05, 4.69) is 15.4 Å². The standard InChI is InChI=1S/C13H16N4O3/c1-2-3-5-9(13(19)20)16-12(18)10-8-14-11-6-4-7-15-17(10)11/h4,6-9H,2-3,5H2,1H3,(H,16,18)(H,19,20)/t9-/m0/s1. The van der Waals surface area contributed by atoms with Crippen molar-refractivity contribution in [3.63, 3.8) is 0 Å². The molecule has 0 fully saturated rings. The topological polar surface area (TPSA) is 96.6 Å². The van der Waals surface area contributed by atoms with Gasteiger partial charge in [0, 0.05) is 6.20 Å². The summed E-state index contributed by atoms with van der Waals surface area (Å²) in [5.41, 5.74) is 0.765. The molecule has 0 aliphatic rings. The molecule has 20 heavy (non-hydrogen) atoms. The average Bonchev–Trinajstić information content (AvgIpc) is 2.87. The third-order valence-corrected chi connectivity index (χ3v) is 2.96. The molecule has 0 saturated heterocycles. The summed E-state index contributed by atoms with van der Waals surface area (Å²) in [7, 11) is 0. The molecule has 2 rings (SSSR count). The molecule has 0 aromatic carbocycles. The van der Waals surface area contributed by atoms with E-state index in [1.807, 2.05) is 6.92 Å². The summed E-state index contributed by atoms with van der Waals surface area (Å²) < 4.78 is 1.38. The minimum absolute atomic E-state index is 0.225. The highest BCUT2D eigenvalue weighted by molar-refractivity contribution is 5.95. The molecule has 7 nitrogen and oxygen atoms in total. The lowest BCUT2D eigenvalue weighted by Gasteiger charge is -2.13. The van der Waals surface area contributed by atoms with E-state index in [0.717, 1.165) is 12.8 Å². The molecule has 0 bridgehead atoms. The van der Waals surface area contributed by atoms with Crippen molar-refractivity contribution in [2.75, 3.05) is 0 Å². The minimum atomic E-state index is -1.03. The Balaban J connectivity index is 2.16. The average molecular weight is 276 g/mol. The second kappa shape index (κ2) is 6.14. The van der Waals surface area contributed by atoms with Gasteiger partial charge in [-0.15, -0.1) is 0 Å². The molecule has 1 amide bonds. The van der Waals surface area contributed by atoms with Gasteiger partial charge in [0.05, 0.1) is 6.20 Å². The van der Waals surface area contributed by atoms with Crippen LogP contribution in [-0.4, -0.2) is 37.6 Å². The Morgan fingerprint density at radius 2 is 2.30 bits per heavy atom. The summed E-state index contributed by atoms with van der Waals surface area (Å²) in [6, 6.07) is 2.54. The van der Waals surface area contributed by atoms with Crippen molar-refractivity contribution in [2.45, 2.75) is 32.2 Å². The van der Waals surface area contributed by atoms with Gasteiger partial charge in [-0.1, -0.05) is 19.8 Å². The van der Waals surface area contributed by atoms with Crippen LogP contribution in [0.4, 0.5) is 0 Å². The Labute approximate surface area is 115 Å². The highest BCUT2D eigenvalue weighted by Crippen LogP contribution is 2.06. The lowest BCUT2D eigenvalue weighted by atomic mass is 10.1. The van der Waals surface area contributed by atoms with Gasteiger partial charge in [-0.3, -0.25) is 4.79 Å². The van der Waals surface area contributed by atoms with Crippen LogP contribution in [0.5, 0.6) is 0 Å². The third-order valence-electron chi connectivity index (χ3n) is 2.96. The van der Waals surface area contributed by atoms with Gasteiger partial charge in [0.25, 0.3) is 5.91 Å². The second-order valence-corrected chi connectivity index (χ2v) is 4.44. The summed E-state index contributed by atoms with van der Waals surface area (Å²) >= 11 is 0. The molecule has 0 saturated carbocycles. The number of hydrogen-bond acceptors (Lipinski definition) is 4. The molecule has 0 spiro atoms. The zero-order valence-corrected chi connectivity index (χ0v) is 11.1. The first kappa shape index (κ1) is 14.0. The molecule has 2 heterocycles. The van der Waals surface area contributed by atoms with E-state index in [4.69, 9.17) is 5.11 Å². The number of amides is 1. The van der Waals surface area contributed by atoms with E-state index in [1.165, 1.54) is 16.9 Å². The zero-order valence-electron chi connectivity index (χ0n) is 11.1. The highest BCUT2D eigenvalue weighted by atomic mass is 16.4. The molecule has 0 aliphatic carbocycles. The van der Waals surface area contributed by atoms with Crippen molar-refractivity contribution in [1.29, 1.82) is 0 Å². The predicted octanol–water partition coefficient (Wildman–Crippen LogP) is 1.10. The molecule has 0 aliphatic heterocycles. The fourth-order valence-electron chi connectivity index (χ4n) is 1.88. The number of aromatic nitrogens is 3. The smallest absolute Gasteiger partial charge is 0.326 e. The number of aliphatic carboxylic acids is 1. The van der Waals surface area contributed by atoms with Crippen LogP contribution in [0.3, 0.4) is 0 Å². The predicted molar refractivity (Wildman–Crippen MR) is 71.4 cm³/mol. The van der Waals surface area contributed by atoms with Crippen molar-refractivity contribution in [1.82, 2.24) is 19.9 Å². The molecule has 7 heteroatoms. The molecular weight excluding hydrogens is 260 g/mol. The molecule has 1 atom stereocenters. The zero-order chi connectivity index (χ0) is 14.5. The number of carbonyl (C=O) groups excluding carboxylic acids is 1. The Kier molecular flexibility index (Phi) is 4.29. The van der Waals surface area contributed by atoms with E-state index in [0.29, 0.717) is 12.1 Å². The summed E-state index contributed by atoms with van der Waals surface area (Å²) in [4.78, 5) is 27.3. The maximum Gasteiger partial charge on any atom is 0.326 e. The lowest BCUT2D eigenvalue weighted by Crippen LogP contribution is -2.41. The number of rotatable bonds is 6. The van der Waals surface area contributed by atoms with Gasteiger partial charge in [-0.25, -0.2) is 14.3 Å². The summed E-state index contributed by atoms with van der Waals surface area (Å²) in [5, 5.41) is 15.6. The Bertz CT molecular complexity index is 623. The normalized spacial score (nSPS) is 12.2. The van der Waals surface area contributed by atoms with Crippen molar-refractivity contribution >= 4 is 17.5 Å². The van der Waals surface area contributed by atoms with Gasteiger partial charge < -0.3 is 10.4 Å². The summed E-state index contributed by atoms with van der Waals surface area (Å²) in [6.07, 6.45) is 4.94. The van der Waals surface area contributed by atoms with Crippen LogP contribution in [0.2, 0.25) is 0 Å². The van der Waals surface area contributed by atoms with E-state index in [-0.39, 0.29) is 5.69 Å². The van der Waals surface area contributed by atoms with Crippen LogP contribution >= 0.6 is 0 Å². The monoisotopic (exact) mass is 276 g/mol. The van der Waals surface area contributed by atoms with E-state index < -0.39 is 17.9 Å².